The van der Waals surface area contributed by atoms with Crippen molar-refractivity contribution in [3.8, 4) is 22.9 Å². The van der Waals surface area contributed by atoms with Gasteiger partial charge in [-0.1, -0.05) is 17.7 Å². The van der Waals surface area contributed by atoms with Crippen molar-refractivity contribution < 1.29 is 18.7 Å². The molecule has 0 spiro atoms. The molecule has 1 heterocycles. The highest BCUT2D eigenvalue weighted by molar-refractivity contribution is 6.31. The zero-order valence-electron chi connectivity index (χ0n) is 14.5. The number of aromatic nitrogens is 3. The Morgan fingerprint density at radius 3 is 2.70 bits per heavy atom. The third-order valence-corrected chi connectivity index (χ3v) is 4.15. The highest BCUT2D eigenvalue weighted by atomic mass is 35.5. The normalized spacial score (nSPS) is 10.5. The molecule has 0 atom stereocenters. The number of benzene rings is 2. The second kappa shape index (κ2) is 8.05. The van der Waals surface area contributed by atoms with Crippen molar-refractivity contribution in [2.45, 2.75) is 6.42 Å². The number of amides is 1. The van der Waals surface area contributed by atoms with Gasteiger partial charge in [0.25, 0.3) is 0 Å². The molecule has 2 N–H and O–H groups in total. The summed E-state index contributed by atoms with van der Waals surface area (Å²) in [6.07, 6.45) is -0.230. The van der Waals surface area contributed by atoms with Crippen LogP contribution in [0, 0.1) is 5.82 Å². The fraction of sp³-hybridized carbons (Fsp3) is 0.167. The van der Waals surface area contributed by atoms with E-state index in [2.05, 4.69) is 20.5 Å². The zero-order chi connectivity index (χ0) is 19.4. The second-order valence-corrected chi connectivity index (χ2v) is 5.91. The Morgan fingerprint density at radius 2 is 2.00 bits per heavy atom. The lowest BCUT2D eigenvalue weighted by Gasteiger charge is -2.08. The molecule has 2 aromatic carbocycles. The third kappa shape index (κ3) is 4.17. The molecule has 3 rings (SSSR count). The number of H-pyrrole nitrogens is 1. The van der Waals surface area contributed by atoms with Crippen molar-refractivity contribution in [1.82, 2.24) is 15.2 Å². The van der Waals surface area contributed by atoms with Gasteiger partial charge < -0.3 is 9.47 Å². The molecular formula is C18H16ClFN4O3. The van der Waals surface area contributed by atoms with Gasteiger partial charge in [-0.05, 0) is 30.3 Å². The van der Waals surface area contributed by atoms with Crippen molar-refractivity contribution in [3.63, 3.8) is 0 Å². The van der Waals surface area contributed by atoms with Gasteiger partial charge in [-0.2, -0.15) is 4.98 Å². The molecule has 1 amide bonds. The topological polar surface area (TPSA) is 89.1 Å². The summed E-state index contributed by atoms with van der Waals surface area (Å²) in [4.78, 5) is 16.4. The van der Waals surface area contributed by atoms with Crippen molar-refractivity contribution in [1.29, 1.82) is 0 Å². The van der Waals surface area contributed by atoms with E-state index >= 15 is 0 Å². The first-order chi connectivity index (χ1) is 13.0. The fourth-order valence-electron chi connectivity index (χ4n) is 2.46. The van der Waals surface area contributed by atoms with Crippen LogP contribution in [0.15, 0.2) is 36.4 Å². The number of rotatable bonds is 6. The molecule has 9 heteroatoms. The highest BCUT2D eigenvalue weighted by Gasteiger charge is 2.15. The van der Waals surface area contributed by atoms with Crippen LogP contribution in [0.1, 0.15) is 5.56 Å². The Labute approximate surface area is 159 Å². The summed E-state index contributed by atoms with van der Waals surface area (Å²) >= 11 is 5.93. The Kier molecular flexibility index (Phi) is 5.56. The molecule has 0 fully saturated rings. The highest BCUT2D eigenvalue weighted by Crippen LogP contribution is 2.31. The molecule has 0 bridgehead atoms. The quantitative estimate of drug-likeness (QED) is 0.672. The summed E-state index contributed by atoms with van der Waals surface area (Å²) in [6.45, 7) is 0. The van der Waals surface area contributed by atoms with E-state index in [0.717, 1.165) is 0 Å². The number of nitrogens with one attached hydrogen (secondary N) is 2. The van der Waals surface area contributed by atoms with E-state index in [1.807, 2.05) is 0 Å². The van der Waals surface area contributed by atoms with Crippen LogP contribution in [0.5, 0.6) is 11.5 Å². The maximum absolute atomic E-state index is 13.8. The number of methoxy groups -OCH3 is 2. The number of carbonyl (C=O) groups excluding carboxylic acids is 1. The summed E-state index contributed by atoms with van der Waals surface area (Å²) in [5.41, 5.74) is 0.810. The molecule has 0 aliphatic heterocycles. The first kappa shape index (κ1) is 18.7. The molecule has 140 valence electrons. The van der Waals surface area contributed by atoms with Gasteiger partial charge in [-0.15, -0.1) is 5.10 Å². The van der Waals surface area contributed by atoms with E-state index in [1.165, 1.54) is 25.3 Å². The van der Waals surface area contributed by atoms with Gasteiger partial charge in [0.05, 0.1) is 20.6 Å². The maximum atomic E-state index is 13.8. The lowest BCUT2D eigenvalue weighted by Crippen LogP contribution is -2.16. The van der Waals surface area contributed by atoms with Gasteiger partial charge in [0.1, 0.15) is 5.82 Å². The number of ether oxygens (including phenoxy) is 2. The molecule has 0 radical (unpaired) electrons. The van der Waals surface area contributed by atoms with Gasteiger partial charge in [0.2, 0.25) is 11.9 Å². The number of halogens is 2. The van der Waals surface area contributed by atoms with Crippen LogP contribution < -0.4 is 14.8 Å². The average Bonchev–Trinajstić information content (AvgIpc) is 3.12. The zero-order valence-corrected chi connectivity index (χ0v) is 15.3. The van der Waals surface area contributed by atoms with E-state index in [-0.39, 0.29) is 23.0 Å². The smallest absolute Gasteiger partial charge is 0.249 e. The number of nitrogens with zero attached hydrogens (tertiary/aromatic N) is 2. The summed E-state index contributed by atoms with van der Waals surface area (Å²) < 4.78 is 24.2. The van der Waals surface area contributed by atoms with Crippen LogP contribution in [0.3, 0.4) is 0 Å². The summed E-state index contributed by atoms with van der Waals surface area (Å²) in [6, 6.07) is 9.47. The van der Waals surface area contributed by atoms with Crippen LogP contribution >= 0.6 is 11.6 Å². The first-order valence-corrected chi connectivity index (χ1v) is 8.27. The van der Waals surface area contributed by atoms with Crippen LogP contribution in [-0.4, -0.2) is 35.3 Å². The Morgan fingerprint density at radius 1 is 1.22 bits per heavy atom. The van der Waals surface area contributed by atoms with E-state index in [1.54, 1.807) is 25.3 Å². The minimum Gasteiger partial charge on any atom is -0.493 e. The minimum absolute atomic E-state index is 0.0669. The van der Waals surface area contributed by atoms with E-state index in [4.69, 9.17) is 21.1 Å². The average molecular weight is 391 g/mol. The lowest BCUT2D eigenvalue weighted by atomic mass is 10.1. The molecule has 0 aliphatic rings. The largest absolute Gasteiger partial charge is 0.493 e. The number of aromatic amines is 1. The van der Waals surface area contributed by atoms with Gasteiger partial charge in [0.15, 0.2) is 17.3 Å². The first-order valence-electron chi connectivity index (χ1n) is 7.89. The molecule has 0 saturated carbocycles. The van der Waals surface area contributed by atoms with Gasteiger partial charge in [0, 0.05) is 16.1 Å². The number of hydrogen-bond acceptors (Lipinski definition) is 5. The Balaban J connectivity index is 1.73. The predicted octanol–water partition coefficient (Wildman–Crippen LogP) is 3.46. The van der Waals surface area contributed by atoms with Crippen LogP contribution in [-0.2, 0) is 11.2 Å². The van der Waals surface area contributed by atoms with Crippen molar-refractivity contribution in [2.75, 3.05) is 19.5 Å². The summed E-state index contributed by atoms with van der Waals surface area (Å²) in [5, 5.41) is 9.38. The summed E-state index contributed by atoms with van der Waals surface area (Å²) in [5.74, 6) is 0.577. The number of hydrogen-bond donors (Lipinski definition) is 2. The molecule has 0 saturated heterocycles. The monoisotopic (exact) mass is 390 g/mol. The number of anilines is 1. The van der Waals surface area contributed by atoms with Gasteiger partial charge in [-0.25, -0.2) is 4.39 Å². The van der Waals surface area contributed by atoms with E-state index in [0.29, 0.717) is 22.9 Å². The van der Waals surface area contributed by atoms with E-state index < -0.39 is 11.7 Å². The second-order valence-electron chi connectivity index (χ2n) is 5.50. The molecule has 27 heavy (non-hydrogen) atoms. The van der Waals surface area contributed by atoms with Crippen molar-refractivity contribution in [2.24, 2.45) is 0 Å². The van der Waals surface area contributed by atoms with Gasteiger partial charge >= 0.3 is 0 Å². The maximum Gasteiger partial charge on any atom is 0.249 e. The molecular weight excluding hydrogens is 375 g/mol. The number of carbonyl (C=O) groups is 1. The Bertz CT molecular complexity index is 957. The summed E-state index contributed by atoms with van der Waals surface area (Å²) in [7, 11) is 3.07. The lowest BCUT2D eigenvalue weighted by molar-refractivity contribution is -0.115. The van der Waals surface area contributed by atoms with Crippen LogP contribution in [0.2, 0.25) is 5.02 Å². The standard InChI is InChI=1S/C18H16ClFN4O3/c1-26-14-7-6-10(8-15(14)27-2)17-22-18(24-23-17)21-16(25)9-11-12(19)4-3-5-13(11)20/h3-8H,9H2,1-2H3,(H2,21,22,23,24,25). The molecule has 0 unspecified atom stereocenters. The molecule has 7 nitrogen and oxygen atoms in total. The van der Waals surface area contributed by atoms with Crippen molar-refractivity contribution in [3.05, 3.63) is 52.8 Å². The van der Waals surface area contributed by atoms with Crippen molar-refractivity contribution >= 4 is 23.5 Å². The van der Waals surface area contributed by atoms with Gasteiger partial charge in [-0.3, -0.25) is 15.2 Å². The van der Waals surface area contributed by atoms with Crippen LogP contribution in [0.4, 0.5) is 10.3 Å². The minimum atomic E-state index is -0.543. The fourth-order valence-corrected chi connectivity index (χ4v) is 2.69. The molecule has 1 aromatic heterocycles. The Hall–Kier alpha value is -3.13. The van der Waals surface area contributed by atoms with Crippen LogP contribution in [0.25, 0.3) is 11.4 Å². The molecule has 0 aliphatic carbocycles. The molecule has 3 aromatic rings. The predicted molar refractivity (Wildman–Crippen MR) is 98.7 cm³/mol. The third-order valence-electron chi connectivity index (χ3n) is 3.79. The SMILES string of the molecule is COc1ccc(-c2nc(NC(=O)Cc3c(F)cccc3Cl)n[nH]2)cc1OC. The van der Waals surface area contributed by atoms with E-state index in [9.17, 15) is 9.18 Å².